The molecule has 1 aromatic heterocycles. The van der Waals surface area contributed by atoms with Crippen LogP contribution < -0.4 is 5.14 Å². The minimum Gasteiger partial charge on any atom is -0.297 e. The summed E-state index contributed by atoms with van der Waals surface area (Å²) < 4.78 is 24.9. The third kappa shape index (κ3) is 1.60. The normalized spacial score (nSPS) is 34.6. The van der Waals surface area contributed by atoms with Crippen LogP contribution in [-0.4, -0.2) is 23.2 Å². The Morgan fingerprint density at radius 2 is 1.78 bits per heavy atom. The van der Waals surface area contributed by atoms with Gasteiger partial charge in [-0.1, -0.05) is 0 Å². The van der Waals surface area contributed by atoms with E-state index in [9.17, 15) is 8.42 Å². The zero-order valence-electron chi connectivity index (χ0n) is 9.99. The molecule has 3 aliphatic rings. The summed E-state index contributed by atoms with van der Waals surface area (Å²) in [5.41, 5.74) is 0. The zero-order chi connectivity index (χ0) is 12.5. The van der Waals surface area contributed by atoms with E-state index < -0.39 is 10.0 Å². The number of fused-ring (bicyclic) bond motifs is 1. The number of nitrogens with zero attached hydrogens (tertiary/aromatic N) is 3. The Hall–Kier alpha value is -0.950. The predicted octanol–water partition coefficient (Wildman–Crippen LogP) is 0.774. The number of aromatic nitrogens is 3. The first-order valence-corrected chi connectivity index (χ1v) is 8.06. The van der Waals surface area contributed by atoms with Crippen molar-refractivity contribution >= 4 is 10.0 Å². The molecule has 2 unspecified atom stereocenters. The Morgan fingerprint density at radius 3 is 2.33 bits per heavy atom. The SMILES string of the molecule is NS(=O)(=O)c1nnc(C2CC3CC3C2)n1C1CC1. The third-order valence-electron chi connectivity index (χ3n) is 4.47. The number of primary sulfonamides is 1. The highest BCUT2D eigenvalue weighted by Crippen LogP contribution is 2.57. The first kappa shape index (κ1) is 10.9. The minimum absolute atomic E-state index is 0.0411. The second-order valence-electron chi connectivity index (χ2n) is 5.91. The summed E-state index contributed by atoms with van der Waals surface area (Å²) >= 11 is 0. The molecule has 1 heterocycles. The van der Waals surface area contributed by atoms with Crippen LogP contribution in [0, 0.1) is 11.8 Å². The topological polar surface area (TPSA) is 90.9 Å². The molecule has 0 radical (unpaired) electrons. The maximum Gasteiger partial charge on any atom is 0.273 e. The lowest BCUT2D eigenvalue weighted by Crippen LogP contribution is -2.19. The van der Waals surface area contributed by atoms with Crippen LogP contribution in [0.1, 0.15) is 49.9 Å². The fourth-order valence-electron chi connectivity index (χ4n) is 3.36. The van der Waals surface area contributed by atoms with E-state index in [1.165, 1.54) is 6.42 Å². The van der Waals surface area contributed by atoms with E-state index >= 15 is 0 Å². The zero-order valence-corrected chi connectivity index (χ0v) is 10.8. The van der Waals surface area contributed by atoms with Crippen LogP contribution in [0.5, 0.6) is 0 Å². The molecule has 7 heteroatoms. The lowest BCUT2D eigenvalue weighted by atomic mass is 10.0. The van der Waals surface area contributed by atoms with Crippen molar-refractivity contribution < 1.29 is 8.42 Å². The molecule has 0 aromatic carbocycles. The quantitative estimate of drug-likeness (QED) is 0.876. The standard InChI is InChI=1S/C11H16N4O2S/c12-18(16,17)11-14-13-10(15(11)9-1-2-9)8-4-6-3-7(6)5-8/h6-9H,1-5H2,(H2,12,16,17). The van der Waals surface area contributed by atoms with E-state index in [1.807, 2.05) is 0 Å². The smallest absolute Gasteiger partial charge is 0.273 e. The van der Waals surface area contributed by atoms with Crippen LogP contribution in [0.15, 0.2) is 5.16 Å². The van der Waals surface area contributed by atoms with Crippen LogP contribution in [0.2, 0.25) is 0 Å². The summed E-state index contributed by atoms with van der Waals surface area (Å²) in [5.74, 6) is 2.93. The largest absolute Gasteiger partial charge is 0.297 e. The monoisotopic (exact) mass is 268 g/mol. The average Bonchev–Trinajstić information content (AvgIpc) is 3.18. The summed E-state index contributed by atoms with van der Waals surface area (Å²) in [6, 6.07) is 0.250. The van der Waals surface area contributed by atoms with E-state index in [4.69, 9.17) is 5.14 Å². The van der Waals surface area contributed by atoms with Crippen LogP contribution in [0.25, 0.3) is 0 Å². The minimum atomic E-state index is -3.76. The molecule has 3 saturated carbocycles. The van der Waals surface area contributed by atoms with Crippen molar-refractivity contribution in [3.8, 4) is 0 Å². The van der Waals surface area contributed by atoms with Gasteiger partial charge in [-0.2, -0.15) is 0 Å². The van der Waals surface area contributed by atoms with Gasteiger partial charge in [-0.25, -0.2) is 13.6 Å². The number of sulfonamides is 1. The van der Waals surface area contributed by atoms with Crippen molar-refractivity contribution in [3.63, 3.8) is 0 Å². The first-order valence-electron chi connectivity index (χ1n) is 6.51. The van der Waals surface area contributed by atoms with Gasteiger partial charge in [0.1, 0.15) is 5.82 Å². The molecule has 0 bridgehead atoms. The number of hydrogen-bond acceptors (Lipinski definition) is 4. The lowest BCUT2D eigenvalue weighted by molar-refractivity contribution is 0.518. The van der Waals surface area contributed by atoms with E-state index in [-0.39, 0.29) is 11.2 Å². The molecule has 98 valence electrons. The van der Waals surface area contributed by atoms with Gasteiger partial charge in [-0.3, -0.25) is 4.57 Å². The Bertz CT molecular complexity index is 595. The van der Waals surface area contributed by atoms with Gasteiger partial charge in [0.05, 0.1) is 0 Å². The molecule has 2 atom stereocenters. The average molecular weight is 268 g/mol. The lowest BCUT2D eigenvalue weighted by Gasteiger charge is -2.13. The predicted molar refractivity (Wildman–Crippen MR) is 63.2 cm³/mol. The molecule has 3 fully saturated rings. The Kier molecular flexibility index (Phi) is 2.02. The second kappa shape index (κ2) is 3.33. The highest BCUT2D eigenvalue weighted by atomic mass is 32.2. The van der Waals surface area contributed by atoms with Crippen molar-refractivity contribution in [1.29, 1.82) is 0 Å². The third-order valence-corrected chi connectivity index (χ3v) is 5.25. The highest BCUT2D eigenvalue weighted by Gasteiger charge is 2.48. The van der Waals surface area contributed by atoms with Crippen molar-refractivity contribution in [2.24, 2.45) is 17.0 Å². The van der Waals surface area contributed by atoms with Crippen LogP contribution in [0.3, 0.4) is 0 Å². The second-order valence-corrected chi connectivity index (χ2v) is 7.37. The molecular formula is C11H16N4O2S. The van der Waals surface area contributed by atoms with Gasteiger partial charge in [0, 0.05) is 12.0 Å². The van der Waals surface area contributed by atoms with E-state index in [1.54, 1.807) is 4.57 Å². The molecule has 4 rings (SSSR count). The summed E-state index contributed by atoms with van der Waals surface area (Å²) in [5, 5.41) is 13.1. The van der Waals surface area contributed by atoms with E-state index in [2.05, 4.69) is 10.2 Å². The van der Waals surface area contributed by atoms with E-state index in [0.717, 1.165) is 43.3 Å². The molecule has 18 heavy (non-hydrogen) atoms. The fourth-order valence-corrected chi connectivity index (χ4v) is 4.03. The van der Waals surface area contributed by atoms with Crippen LogP contribution >= 0.6 is 0 Å². The van der Waals surface area contributed by atoms with Crippen molar-refractivity contribution in [2.75, 3.05) is 0 Å². The van der Waals surface area contributed by atoms with Crippen LogP contribution in [-0.2, 0) is 10.0 Å². The number of hydrogen-bond donors (Lipinski definition) is 1. The molecule has 6 nitrogen and oxygen atoms in total. The molecule has 0 aliphatic heterocycles. The summed E-state index contributed by atoms with van der Waals surface area (Å²) in [6.07, 6.45) is 5.64. The maximum atomic E-state index is 11.5. The van der Waals surface area contributed by atoms with E-state index in [0.29, 0.717) is 5.92 Å². The highest BCUT2D eigenvalue weighted by molar-refractivity contribution is 7.89. The molecule has 0 amide bonds. The fraction of sp³-hybridized carbons (Fsp3) is 0.818. The van der Waals surface area contributed by atoms with Gasteiger partial charge in [0.2, 0.25) is 0 Å². The van der Waals surface area contributed by atoms with Crippen molar-refractivity contribution in [2.45, 2.75) is 49.2 Å². The van der Waals surface area contributed by atoms with Gasteiger partial charge in [0.25, 0.3) is 15.2 Å². The van der Waals surface area contributed by atoms with Crippen LogP contribution in [0.4, 0.5) is 0 Å². The molecule has 0 saturated heterocycles. The molecule has 0 spiro atoms. The Morgan fingerprint density at radius 1 is 1.11 bits per heavy atom. The molecule has 2 N–H and O–H groups in total. The van der Waals surface area contributed by atoms with Gasteiger partial charge in [0.15, 0.2) is 0 Å². The summed E-state index contributed by atoms with van der Waals surface area (Å²) in [4.78, 5) is 0. The Labute approximate surface area is 106 Å². The molecular weight excluding hydrogens is 252 g/mol. The summed E-state index contributed by atoms with van der Waals surface area (Å²) in [7, 11) is -3.76. The van der Waals surface area contributed by atoms with Gasteiger partial charge in [-0.15, -0.1) is 10.2 Å². The number of rotatable bonds is 3. The van der Waals surface area contributed by atoms with Gasteiger partial charge < -0.3 is 0 Å². The molecule has 3 aliphatic carbocycles. The van der Waals surface area contributed by atoms with Crippen molar-refractivity contribution in [1.82, 2.24) is 14.8 Å². The van der Waals surface area contributed by atoms with Gasteiger partial charge >= 0.3 is 0 Å². The van der Waals surface area contributed by atoms with Crippen molar-refractivity contribution in [3.05, 3.63) is 5.82 Å². The summed E-state index contributed by atoms with van der Waals surface area (Å²) in [6.45, 7) is 0. The first-order chi connectivity index (χ1) is 8.54. The number of nitrogens with two attached hydrogens (primary N) is 1. The Balaban J connectivity index is 1.76. The van der Waals surface area contributed by atoms with Gasteiger partial charge in [-0.05, 0) is 43.9 Å². The molecule has 1 aromatic rings. The maximum absolute atomic E-state index is 11.5.